The van der Waals surface area contributed by atoms with E-state index in [9.17, 15) is 4.79 Å². The molecule has 0 unspecified atom stereocenters. The molecule has 1 N–H and O–H groups in total. The number of hydrogen-bond acceptors (Lipinski definition) is 2. The van der Waals surface area contributed by atoms with Gasteiger partial charge in [-0.25, -0.2) is 0 Å². The Morgan fingerprint density at radius 2 is 2.31 bits per heavy atom. The Labute approximate surface area is 109 Å². The second-order valence-corrected chi connectivity index (χ2v) is 6.58. The van der Waals surface area contributed by atoms with Crippen molar-refractivity contribution in [1.29, 1.82) is 0 Å². The minimum atomic E-state index is -0.189. The van der Waals surface area contributed by atoms with Crippen LogP contribution in [0.2, 0.25) is 0 Å². The van der Waals surface area contributed by atoms with Crippen LogP contribution in [-0.2, 0) is 12.8 Å². The predicted molar refractivity (Wildman–Crippen MR) is 71.7 cm³/mol. The first kappa shape index (κ1) is 12.1. The van der Waals surface area contributed by atoms with Crippen molar-refractivity contribution in [2.45, 2.75) is 38.6 Å². The normalized spacial score (nSPS) is 14.9. The fourth-order valence-corrected chi connectivity index (χ4v) is 3.13. The van der Waals surface area contributed by atoms with E-state index in [4.69, 9.17) is 0 Å². The maximum atomic E-state index is 12.0. The van der Waals surface area contributed by atoms with Gasteiger partial charge in [-0.15, -0.1) is 11.3 Å². The maximum Gasteiger partial charge on any atom is 0.261 e. The summed E-state index contributed by atoms with van der Waals surface area (Å²) in [4.78, 5) is 14.3. The first-order chi connectivity index (χ1) is 7.52. The fourth-order valence-electron chi connectivity index (χ4n) is 1.84. The molecule has 0 aliphatic heterocycles. The van der Waals surface area contributed by atoms with Gasteiger partial charge < -0.3 is 5.32 Å². The lowest BCUT2D eigenvalue weighted by atomic mass is 10.1. The van der Waals surface area contributed by atoms with Crippen molar-refractivity contribution in [3.8, 4) is 0 Å². The van der Waals surface area contributed by atoms with Gasteiger partial charge in [0.15, 0.2) is 0 Å². The van der Waals surface area contributed by atoms with Crippen molar-refractivity contribution in [3.63, 3.8) is 0 Å². The van der Waals surface area contributed by atoms with Crippen LogP contribution in [-0.4, -0.2) is 16.8 Å². The van der Waals surface area contributed by atoms with Crippen LogP contribution in [0.1, 0.15) is 40.4 Å². The first-order valence-corrected chi connectivity index (χ1v) is 7.46. The average molecular weight is 302 g/mol. The molecule has 0 spiro atoms. The van der Waals surface area contributed by atoms with Gasteiger partial charge in [0.25, 0.3) is 5.91 Å². The third kappa shape index (κ3) is 2.48. The molecule has 1 aromatic rings. The van der Waals surface area contributed by atoms with E-state index < -0.39 is 0 Å². The van der Waals surface area contributed by atoms with Crippen LogP contribution >= 0.6 is 27.3 Å². The monoisotopic (exact) mass is 301 g/mol. The average Bonchev–Trinajstić information content (AvgIpc) is 2.75. The zero-order valence-corrected chi connectivity index (χ0v) is 12.0. The molecule has 0 radical (unpaired) electrons. The van der Waals surface area contributed by atoms with Crippen LogP contribution in [0.3, 0.4) is 0 Å². The van der Waals surface area contributed by atoms with Crippen molar-refractivity contribution < 1.29 is 4.79 Å². The summed E-state index contributed by atoms with van der Waals surface area (Å²) in [7, 11) is 0. The molecule has 0 aromatic carbocycles. The Bertz CT molecular complexity index is 390. The van der Waals surface area contributed by atoms with Gasteiger partial charge in [-0.1, -0.05) is 15.9 Å². The van der Waals surface area contributed by atoms with Crippen molar-refractivity contribution >= 4 is 33.2 Å². The molecular formula is C12H16BrNOS. The van der Waals surface area contributed by atoms with Gasteiger partial charge in [0.2, 0.25) is 0 Å². The molecule has 2 rings (SSSR count). The molecule has 0 atom stereocenters. The van der Waals surface area contributed by atoms with E-state index in [0.717, 1.165) is 23.0 Å². The zero-order chi connectivity index (χ0) is 11.8. The van der Waals surface area contributed by atoms with Gasteiger partial charge >= 0.3 is 0 Å². The van der Waals surface area contributed by atoms with Gasteiger partial charge in [-0.05, 0) is 44.7 Å². The highest BCUT2D eigenvalue weighted by Crippen LogP contribution is 2.30. The number of carbonyl (C=O) groups is 1. The molecule has 1 aromatic heterocycles. The van der Waals surface area contributed by atoms with Crippen LogP contribution < -0.4 is 5.32 Å². The quantitative estimate of drug-likeness (QED) is 0.854. The third-order valence-corrected chi connectivity index (χ3v) is 5.39. The zero-order valence-electron chi connectivity index (χ0n) is 9.60. The number of alkyl halides is 1. The predicted octanol–water partition coefficient (Wildman–Crippen LogP) is 3.14. The molecule has 0 fully saturated rings. The van der Waals surface area contributed by atoms with Gasteiger partial charge in [-0.3, -0.25) is 4.79 Å². The van der Waals surface area contributed by atoms with Crippen LogP contribution in [0.15, 0.2) is 6.07 Å². The van der Waals surface area contributed by atoms with E-state index in [1.165, 1.54) is 16.9 Å². The summed E-state index contributed by atoms with van der Waals surface area (Å²) in [5, 5.41) is 3.80. The van der Waals surface area contributed by atoms with Crippen molar-refractivity contribution in [3.05, 3.63) is 21.4 Å². The van der Waals surface area contributed by atoms with Gasteiger partial charge in [0.1, 0.15) is 0 Å². The lowest BCUT2D eigenvalue weighted by Crippen LogP contribution is -2.44. The molecule has 16 heavy (non-hydrogen) atoms. The van der Waals surface area contributed by atoms with Gasteiger partial charge in [-0.2, -0.15) is 0 Å². The number of amides is 1. The second-order valence-electron chi connectivity index (χ2n) is 4.88. The first-order valence-electron chi connectivity index (χ1n) is 5.52. The standard InChI is InChI=1S/C12H16BrNOS/c1-12(2,7-13)14-11(15)10-6-8-4-3-5-9(8)16-10/h6H,3-5,7H2,1-2H3,(H,14,15). The summed E-state index contributed by atoms with van der Waals surface area (Å²) in [6.07, 6.45) is 3.53. The highest BCUT2D eigenvalue weighted by molar-refractivity contribution is 9.09. The van der Waals surface area contributed by atoms with Crippen molar-refractivity contribution in [1.82, 2.24) is 5.32 Å². The minimum Gasteiger partial charge on any atom is -0.346 e. The highest BCUT2D eigenvalue weighted by atomic mass is 79.9. The number of aryl methyl sites for hydroxylation is 2. The number of nitrogens with one attached hydrogen (secondary N) is 1. The lowest BCUT2D eigenvalue weighted by molar-refractivity contribution is 0.0925. The van der Waals surface area contributed by atoms with Gasteiger partial charge in [0, 0.05) is 15.7 Å². The van der Waals surface area contributed by atoms with E-state index in [1.807, 2.05) is 13.8 Å². The molecule has 0 saturated carbocycles. The van der Waals surface area contributed by atoms with E-state index in [2.05, 4.69) is 27.3 Å². The topological polar surface area (TPSA) is 29.1 Å². The summed E-state index contributed by atoms with van der Waals surface area (Å²) in [5.74, 6) is 0.0591. The maximum absolute atomic E-state index is 12.0. The smallest absolute Gasteiger partial charge is 0.261 e. The molecule has 1 aliphatic carbocycles. The molecule has 1 heterocycles. The SMILES string of the molecule is CC(C)(CBr)NC(=O)c1cc2c(s1)CCC2. The van der Waals surface area contributed by atoms with E-state index >= 15 is 0 Å². The third-order valence-electron chi connectivity index (χ3n) is 2.76. The minimum absolute atomic E-state index is 0.0591. The number of halogens is 1. The molecule has 1 aliphatic rings. The van der Waals surface area contributed by atoms with Crippen LogP contribution in [0.25, 0.3) is 0 Å². The molecule has 88 valence electrons. The van der Waals surface area contributed by atoms with E-state index in [0.29, 0.717) is 0 Å². The number of hydrogen-bond donors (Lipinski definition) is 1. The molecule has 0 saturated heterocycles. The number of thiophene rings is 1. The second kappa shape index (κ2) is 4.49. The van der Waals surface area contributed by atoms with Crippen LogP contribution in [0.5, 0.6) is 0 Å². The Balaban J connectivity index is 2.10. The Morgan fingerprint density at radius 3 is 2.94 bits per heavy atom. The van der Waals surface area contributed by atoms with Gasteiger partial charge in [0.05, 0.1) is 4.88 Å². The number of fused-ring (bicyclic) bond motifs is 1. The summed E-state index contributed by atoms with van der Waals surface area (Å²) in [6.45, 7) is 4.03. The van der Waals surface area contributed by atoms with E-state index in [-0.39, 0.29) is 11.4 Å². The lowest BCUT2D eigenvalue weighted by Gasteiger charge is -2.22. The highest BCUT2D eigenvalue weighted by Gasteiger charge is 2.23. The summed E-state index contributed by atoms with van der Waals surface area (Å²) in [5.41, 5.74) is 1.19. The summed E-state index contributed by atoms with van der Waals surface area (Å²) in [6, 6.07) is 2.06. The van der Waals surface area contributed by atoms with E-state index in [1.54, 1.807) is 11.3 Å². The van der Waals surface area contributed by atoms with Crippen molar-refractivity contribution in [2.24, 2.45) is 0 Å². The molecule has 4 heteroatoms. The summed E-state index contributed by atoms with van der Waals surface area (Å²) < 4.78 is 0. The van der Waals surface area contributed by atoms with Crippen LogP contribution in [0, 0.1) is 0 Å². The Morgan fingerprint density at radius 1 is 1.56 bits per heavy atom. The largest absolute Gasteiger partial charge is 0.346 e. The Hall–Kier alpha value is -0.350. The molecule has 0 bridgehead atoms. The molecule has 1 amide bonds. The fraction of sp³-hybridized carbons (Fsp3) is 0.583. The number of carbonyl (C=O) groups excluding carboxylic acids is 1. The number of rotatable bonds is 3. The van der Waals surface area contributed by atoms with Crippen molar-refractivity contribution in [2.75, 3.05) is 5.33 Å². The Kier molecular flexibility index (Phi) is 3.40. The summed E-state index contributed by atoms with van der Waals surface area (Å²) >= 11 is 5.06. The van der Waals surface area contributed by atoms with Crippen LogP contribution in [0.4, 0.5) is 0 Å². The molecule has 2 nitrogen and oxygen atoms in total. The molecular weight excluding hydrogens is 286 g/mol.